The number of ether oxygens (including phenoxy) is 2. The van der Waals surface area contributed by atoms with Crippen molar-refractivity contribution < 1.29 is 9.47 Å². The molecule has 1 unspecified atom stereocenters. The SMILES string of the molecule is COCCNCC1CCCN1Cc1cccc(OC)n1. The quantitative estimate of drug-likeness (QED) is 0.727. The van der Waals surface area contributed by atoms with Crippen molar-refractivity contribution in [2.75, 3.05) is 40.5 Å². The van der Waals surface area contributed by atoms with Gasteiger partial charge in [-0.3, -0.25) is 4.90 Å². The van der Waals surface area contributed by atoms with Gasteiger partial charge in [0.15, 0.2) is 0 Å². The van der Waals surface area contributed by atoms with E-state index in [-0.39, 0.29) is 0 Å². The molecule has 1 aliphatic heterocycles. The van der Waals surface area contributed by atoms with Gasteiger partial charge in [-0.15, -0.1) is 0 Å². The third-order valence-corrected chi connectivity index (χ3v) is 3.72. The zero-order chi connectivity index (χ0) is 14.2. The summed E-state index contributed by atoms with van der Waals surface area (Å²) in [5.41, 5.74) is 1.08. The van der Waals surface area contributed by atoms with Crippen LogP contribution in [0.4, 0.5) is 0 Å². The van der Waals surface area contributed by atoms with E-state index in [2.05, 4.69) is 21.3 Å². The lowest BCUT2D eigenvalue weighted by atomic mass is 10.2. The molecular weight excluding hydrogens is 254 g/mol. The lowest BCUT2D eigenvalue weighted by molar-refractivity contribution is 0.190. The maximum atomic E-state index is 5.18. The molecule has 1 N–H and O–H groups in total. The van der Waals surface area contributed by atoms with Crippen LogP contribution in [0.25, 0.3) is 0 Å². The summed E-state index contributed by atoms with van der Waals surface area (Å²) in [6.07, 6.45) is 2.52. The van der Waals surface area contributed by atoms with Gasteiger partial charge >= 0.3 is 0 Å². The van der Waals surface area contributed by atoms with E-state index in [1.54, 1.807) is 14.2 Å². The van der Waals surface area contributed by atoms with E-state index >= 15 is 0 Å². The fourth-order valence-corrected chi connectivity index (χ4v) is 2.64. The Morgan fingerprint density at radius 3 is 3.10 bits per heavy atom. The normalized spacial score (nSPS) is 19.4. The molecule has 1 atom stereocenters. The number of nitrogens with zero attached hydrogens (tertiary/aromatic N) is 2. The average molecular weight is 279 g/mol. The first-order valence-corrected chi connectivity index (χ1v) is 7.27. The predicted molar refractivity (Wildman–Crippen MR) is 79.0 cm³/mol. The zero-order valence-electron chi connectivity index (χ0n) is 12.5. The molecule has 112 valence electrons. The van der Waals surface area contributed by atoms with Gasteiger partial charge in [-0.2, -0.15) is 0 Å². The molecule has 0 aromatic carbocycles. The monoisotopic (exact) mass is 279 g/mol. The standard InChI is InChI=1S/C15H25N3O2/c1-19-10-8-16-11-14-6-4-9-18(14)12-13-5-3-7-15(17-13)20-2/h3,5,7,14,16H,4,6,8-12H2,1-2H3. The summed E-state index contributed by atoms with van der Waals surface area (Å²) in [4.78, 5) is 7.00. The van der Waals surface area contributed by atoms with Crippen molar-refractivity contribution in [1.29, 1.82) is 0 Å². The van der Waals surface area contributed by atoms with Crippen molar-refractivity contribution >= 4 is 0 Å². The molecule has 1 saturated heterocycles. The number of likely N-dealkylation sites (tertiary alicyclic amines) is 1. The molecular formula is C15H25N3O2. The molecule has 0 radical (unpaired) electrons. The largest absolute Gasteiger partial charge is 0.481 e. The number of hydrogen-bond donors (Lipinski definition) is 1. The van der Waals surface area contributed by atoms with Crippen molar-refractivity contribution in [1.82, 2.24) is 15.2 Å². The molecule has 0 amide bonds. The minimum absolute atomic E-state index is 0.597. The van der Waals surface area contributed by atoms with Gasteiger partial charge in [0.2, 0.25) is 5.88 Å². The number of pyridine rings is 1. The van der Waals surface area contributed by atoms with Crippen LogP contribution >= 0.6 is 0 Å². The van der Waals surface area contributed by atoms with Crippen LogP contribution in [0.1, 0.15) is 18.5 Å². The number of methoxy groups -OCH3 is 2. The molecule has 2 heterocycles. The third-order valence-electron chi connectivity index (χ3n) is 3.72. The first-order valence-electron chi connectivity index (χ1n) is 7.27. The van der Waals surface area contributed by atoms with Gasteiger partial charge in [-0.05, 0) is 25.5 Å². The van der Waals surface area contributed by atoms with E-state index < -0.39 is 0 Å². The van der Waals surface area contributed by atoms with Crippen molar-refractivity contribution in [2.24, 2.45) is 0 Å². The second-order valence-electron chi connectivity index (χ2n) is 5.13. The van der Waals surface area contributed by atoms with Crippen molar-refractivity contribution in [2.45, 2.75) is 25.4 Å². The Balaban J connectivity index is 1.83. The zero-order valence-corrected chi connectivity index (χ0v) is 12.5. The van der Waals surface area contributed by atoms with Crippen LogP contribution in [0.15, 0.2) is 18.2 Å². The molecule has 0 spiro atoms. The highest BCUT2D eigenvalue weighted by molar-refractivity contribution is 5.15. The summed E-state index contributed by atoms with van der Waals surface area (Å²) < 4.78 is 10.2. The van der Waals surface area contributed by atoms with E-state index in [1.165, 1.54) is 12.8 Å². The Hall–Kier alpha value is -1.17. The molecule has 0 bridgehead atoms. The summed E-state index contributed by atoms with van der Waals surface area (Å²) in [6, 6.07) is 6.55. The average Bonchev–Trinajstić information content (AvgIpc) is 2.91. The van der Waals surface area contributed by atoms with Gasteiger partial charge in [-0.1, -0.05) is 6.07 Å². The van der Waals surface area contributed by atoms with Crippen molar-refractivity contribution in [3.63, 3.8) is 0 Å². The van der Waals surface area contributed by atoms with Crippen LogP contribution in [-0.2, 0) is 11.3 Å². The Bertz CT molecular complexity index is 400. The van der Waals surface area contributed by atoms with Gasteiger partial charge in [-0.25, -0.2) is 4.98 Å². The Labute approximate surface area is 121 Å². The summed E-state index contributed by atoms with van der Waals surface area (Å²) in [5, 5.41) is 3.45. The second kappa shape index (κ2) is 8.19. The van der Waals surface area contributed by atoms with Gasteiger partial charge in [0.1, 0.15) is 0 Å². The molecule has 1 aromatic heterocycles. The highest BCUT2D eigenvalue weighted by Gasteiger charge is 2.24. The van der Waals surface area contributed by atoms with Crippen molar-refractivity contribution in [3.8, 4) is 5.88 Å². The van der Waals surface area contributed by atoms with E-state index in [4.69, 9.17) is 9.47 Å². The molecule has 1 aromatic rings. The predicted octanol–water partition coefficient (Wildman–Crippen LogP) is 1.29. The number of aromatic nitrogens is 1. The Morgan fingerprint density at radius 2 is 2.30 bits per heavy atom. The van der Waals surface area contributed by atoms with Crippen LogP contribution in [0.5, 0.6) is 5.88 Å². The highest BCUT2D eigenvalue weighted by atomic mass is 16.5. The maximum absolute atomic E-state index is 5.18. The Morgan fingerprint density at radius 1 is 1.40 bits per heavy atom. The minimum atomic E-state index is 0.597. The lowest BCUT2D eigenvalue weighted by Gasteiger charge is -2.24. The fraction of sp³-hybridized carbons (Fsp3) is 0.667. The third kappa shape index (κ3) is 4.44. The van der Waals surface area contributed by atoms with E-state index in [9.17, 15) is 0 Å². The first-order chi connectivity index (χ1) is 9.83. The molecule has 1 aliphatic rings. The Kier molecular flexibility index (Phi) is 6.24. The second-order valence-corrected chi connectivity index (χ2v) is 5.13. The van der Waals surface area contributed by atoms with Crippen LogP contribution < -0.4 is 10.1 Å². The summed E-state index contributed by atoms with van der Waals surface area (Å²) >= 11 is 0. The van der Waals surface area contributed by atoms with E-state index in [0.717, 1.165) is 38.5 Å². The number of rotatable bonds is 8. The maximum Gasteiger partial charge on any atom is 0.213 e. The smallest absolute Gasteiger partial charge is 0.213 e. The summed E-state index contributed by atoms with van der Waals surface area (Å²) in [6.45, 7) is 4.75. The first kappa shape index (κ1) is 15.2. The minimum Gasteiger partial charge on any atom is -0.481 e. The molecule has 2 rings (SSSR count). The van der Waals surface area contributed by atoms with E-state index in [0.29, 0.717) is 11.9 Å². The van der Waals surface area contributed by atoms with E-state index in [1.807, 2.05) is 12.1 Å². The fourth-order valence-electron chi connectivity index (χ4n) is 2.64. The molecule has 5 nitrogen and oxygen atoms in total. The van der Waals surface area contributed by atoms with Crippen LogP contribution in [0.2, 0.25) is 0 Å². The molecule has 20 heavy (non-hydrogen) atoms. The van der Waals surface area contributed by atoms with Gasteiger partial charge in [0.25, 0.3) is 0 Å². The topological polar surface area (TPSA) is 46.6 Å². The summed E-state index contributed by atoms with van der Waals surface area (Å²) in [5.74, 6) is 0.691. The molecule has 5 heteroatoms. The van der Waals surface area contributed by atoms with Crippen molar-refractivity contribution in [3.05, 3.63) is 23.9 Å². The molecule has 0 saturated carbocycles. The number of hydrogen-bond acceptors (Lipinski definition) is 5. The number of nitrogens with one attached hydrogen (secondary N) is 1. The van der Waals surface area contributed by atoms with Gasteiger partial charge in [0.05, 0.1) is 19.4 Å². The summed E-state index contributed by atoms with van der Waals surface area (Å²) in [7, 11) is 3.39. The highest BCUT2D eigenvalue weighted by Crippen LogP contribution is 2.19. The van der Waals surface area contributed by atoms with Gasteiger partial charge in [0, 0.05) is 38.9 Å². The van der Waals surface area contributed by atoms with Crippen LogP contribution in [-0.4, -0.2) is 56.4 Å². The van der Waals surface area contributed by atoms with Crippen LogP contribution in [0.3, 0.4) is 0 Å². The van der Waals surface area contributed by atoms with Crippen LogP contribution in [0, 0.1) is 0 Å². The van der Waals surface area contributed by atoms with Gasteiger partial charge < -0.3 is 14.8 Å². The molecule has 0 aliphatic carbocycles. The molecule has 1 fully saturated rings. The lowest BCUT2D eigenvalue weighted by Crippen LogP contribution is -2.38.